The highest BCUT2D eigenvalue weighted by molar-refractivity contribution is 5.63. The van der Waals surface area contributed by atoms with Gasteiger partial charge in [0, 0.05) is 24.3 Å². The van der Waals surface area contributed by atoms with E-state index in [0.717, 1.165) is 35.7 Å². The van der Waals surface area contributed by atoms with Gasteiger partial charge in [0.25, 0.3) is 0 Å². The summed E-state index contributed by atoms with van der Waals surface area (Å²) < 4.78 is 0. The molecule has 0 amide bonds. The van der Waals surface area contributed by atoms with Crippen molar-refractivity contribution in [2.45, 2.75) is 51.6 Å². The number of hydrogen-bond acceptors (Lipinski definition) is 4. The summed E-state index contributed by atoms with van der Waals surface area (Å²) in [6.07, 6.45) is 4.97. The van der Waals surface area contributed by atoms with Gasteiger partial charge in [-0.25, -0.2) is 0 Å². The molecule has 0 bridgehead atoms. The van der Waals surface area contributed by atoms with Crippen molar-refractivity contribution in [3.63, 3.8) is 0 Å². The molecular weight excluding hydrogens is 248 g/mol. The molecule has 3 rings (SSSR count). The third-order valence-electron chi connectivity index (χ3n) is 4.59. The number of nitrogens with zero attached hydrogens (tertiary/aromatic N) is 3. The average Bonchev–Trinajstić information content (AvgIpc) is 3.08. The van der Waals surface area contributed by atoms with Crippen LogP contribution in [0.15, 0.2) is 6.07 Å². The molecule has 0 aromatic carbocycles. The molecule has 2 fully saturated rings. The van der Waals surface area contributed by atoms with E-state index in [4.69, 9.17) is 0 Å². The molecule has 1 aromatic rings. The SMILES string of the molecule is Cc1cc(N2CCCC2C2CCCN2)c(C#N)c(C)n1. The van der Waals surface area contributed by atoms with Crippen LogP contribution in [0.25, 0.3) is 0 Å². The van der Waals surface area contributed by atoms with Gasteiger partial charge in [-0.1, -0.05) is 0 Å². The smallest absolute Gasteiger partial charge is 0.103 e. The minimum Gasteiger partial charge on any atom is -0.366 e. The van der Waals surface area contributed by atoms with Gasteiger partial charge in [-0.3, -0.25) is 4.98 Å². The third-order valence-corrected chi connectivity index (χ3v) is 4.59. The summed E-state index contributed by atoms with van der Waals surface area (Å²) in [5.74, 6) is 0. The lowest BCUT2D eigenvalue weighted by Gasteiger charge is -2.32. The van der Waals surface area contributed by atoms with E-state index < -0.39 is 0 Å². The molecule has 0 radical (unpaired) electrons. The van der Waals surface area contributed by atoms with E-state index in [1.165, 1.54) is 25.7 Å². The molecule has 1 aromatic heterocycles. The van der Waals surface area contributed by atoms with E-state index in [0.29, 0.717) is 12.1 Å². The van der Waals surface area contributed by atoms with Gasteiger partial charge in [-0.2, -0.15) is 5.26 Å². The Hall–Kier alpha value is -1.60. The Labute approximate surface area is 120 Å². The Morgan fingerprint density at radius 1 is 1.35 bits per heavy atom. The Kier molecular flexibility index (Phi) is 3.62. The third kappa shape index (κ3) is 2.27. The van der Waals surface area contributed by atoms with E-state index in [1.54, 1.807) is 0 Å². The zero-order chi connectivity index (χ0) is 14.1. The lowest BCUT2D eigenvalue weighted by Crippen LogP contribution is -2.44. The molecule has 1 N–H and O–H groups in total. The number of rotatable bonds is 2. The number of nitrogens with one attached hydrogen (secondary N) is 1. The van der Waals surface area contributed by atoms with Crippen LogP contribution in [0.3, 0.4) is 0 Å². The van der Waals surface area contributed by atoms with Gasteiger partial charge in [-0.05, 0) is 52.1 Å². The molecule has 4 nitrogen and oxygen atoms in total. The number of aryl methyl sites for hydroxylation is 2. The Morgan fingerprint density at radius 3 is 2.90 bits per heavy atom. The molecule has 2 aliphatic rings. The highest BCUT2D eigenvalue weighted by atomic mass is 15.2. The summed E-state index contributed by atoms with van der Waals surface area (Å²) in [5, 5.41) is 13.1. The van der Waals surface area contributed by atoms with Crippen LogP contribution in [-0.4, -0.2) is 30.2 Å². The van der Waals surface area contributed by atoms with Crippen LogP contribution in [0.2, 0.25) is 0 Å². The largest absolute Gasteiger partial charge is 0.366 e. The summed E-state index contributed by atoms with van der Waals surface area (Å²) in [6.45, 7) is 6.14. The van der Waals surface area contributed by atoms with Gasteiger partial charge in [0.1, 0.15) is 6.07 Å². The van der Waals surface area contributed by atoms with Crippen molar-refractivity contribution >= 4 is 5.69 Å². The second kappa shape index (κ2) is 5.41. The van der Waals surface area contributed by atoms with E-state index in [1.807, 2.05) is 13.8 Å². The first-order chi connectivity index (χ1) is 9.70. The van der Waals surface area contributed by atoms with Gasteiger partial charge < -0.3 is 10.2 Å². The van der Waals surface area contributed by atoms with Crippen LogP contribution in [-0.2, 0) is 0 Å². The fraction of sp³-hybridized carbons (Fsp3) is 0.625. The van der Waals surface area contributed by atoms with Gasteiger partial charge in [0.2, 0.25) is 0 Å². The number of aromatic nitrogens is 1. The second-order valence-electron chi connectivity index (χ2n) is 5.96. The first-order valence-electron chi connectivity index (χ1n) is 7.59. The van der Waals surface area contributed by atoms with Crippen LogP contribution in [0.5, 0.6) is 0 Å². The number of anilines is 1. The molecule has 4 heteroatoms. The van der Waals surface area contributed by atoms with Crippen LogP contribution in [0.1, 0.15) is 42.6 Å². The normalized spacial score (nSPS) is 25.9. The molecule has 0 aliphatic carbocycles. The molecule has 2 atom stereocenters. The van der Waals surface area contributed by atoms with Crippen molar-refractivity contribution in [3.05, 3.63) is 23.0 Å². The quantitative estimate of drug-likeness (QED) is 0.896. The van der Waals surface area contributed by atoms with Crippen LogP contribution in [0.4, 0.5) is 5.69 Å². The highest BCUT2D eigenvalue weighted by Crippen LogP contribution is 2.33. The monoisotopic (exact) mass is 270 g/mol. The van der Waals surface area contributed by atoms with Crippen molar-refractivity contribution in [2.24, 2.45) is 0 Å². The average molecular weight is 270 g/mol. The van der Waals surface area contributed by atoms with E-state index >= 15 is 0 Å². The summed E-state index contributed by atoms with van der Waals surface area (Å²) in [7, 11) is 0. The number of pyridine rings is 1. The van der Waals surface area contributed by atoms with Crippen LogP contribution >= 0.6 is 0 Å². The topological polar surface area (TPSA) is 52.0 Å². The predicted molar refractivity (Wildman–Crippen MR) is 79.8 cm³/mol. The van der Waals surface area contributed by atoms with Crippen molar-refractivity contribution in [2.75, 3.05) is 18.0 Å². The van der Waals surface area contributed by atoms with Gasteiger partial charge in [0.05, 0.1) is 16.9 Å². The second-order valence-corrected chi connectivity index (χ2v) is 5.96. The van der Waals surface area contributed by atoms with E-state index in [2.05, 4.69) is 27.3 Å². The maximum absolute atomic E-state index is 9.47. The molecule has 0 saturated carbocycles. The van der Waals surface area contributed by atoms with Crippen molar-refractivity contribution in [1.82, 2.24) is 10.3 Å². The first-order valence-corrected chi connectivity index (χ1v) is 7.59. The Morgan fingerprint density at radius 2 is 2.20 bits per heavy atom. The zero-order valence-corrected chi connectivity index (χ0v) is 12.3. The van der Waals surface area contributed by atoms with E-state index in [9.17, 15) is 5.26 Å². The summed E-state index contributed by atoms with van der Waals surface area (Å²) in [5.41, 5.74) is 3.70. The molecule has 2 saturated heterocycles. The van der Waals surface area contributed by atoms with Gasteiger partial charge in [-0.15, -0.1) is 0 Å². The molecule has 2 unspecified atom stereocenters. The number of hydrogen-bond donors (Lipinski definition) is 1. The molecule has 106 valence electrons. The minimum absolute atomic E-state index is 0.533. The fourth-order valence-corrected chi connectivity index (χ4v) is 3.72. The molecule has 0 spiro atoms. The molecule has 20 heavy (non-hydrogen) atoms. The summed E-state index contributed by atoms with van der Waals surface area (Å²) in [6, 6.07) is 5.55. The fourth-order valence-electron chi connectivity index (χ4n) is 3.72. The van der Waals surface area contributed by atoms with Crippen molar-refractivity contribution in [1.29, 1.82) is 5.26 Å². The lowest BCUT2D eigenvalue weighted by molar-refractivity contribution is 0.482. The maximum Gasteiger partial charge on any atom is 0.103 e. The zero-order valence-electron chi connectivity index (χ0n) is 12.3. The van der Waals surface area contributed by atoms with Crippen molar-refractivity contribution < 1.29 is 0 Å². The highest BCUT2D eigenvalue weighted by Gasteiger charge is 2.34. The minimum atomic E-state index is 0.533. The summed E-state index contributed by atoms with van der Waals surface area (Å²) in [4.78, 5) is 6.88. The van der Waals surface area contributed by atoms with Gasteiger partial charge in [0.15, 0.2) is 0 Å². The Balaban J connectivity index is 1.97. The molecular formula is C16H22N4. The first kappa shape index (κ1) is 13.4. The molecule has 3 heterocycles. The predicted octanol–water partition coefficient (Wildman–Crippen LogP) is 2.29. The lowest BCUT2D eigenvalue weighted by atomic mass is 10.0. The Bertz CT molecular complexity index is 540. The van der Waals surface area contributed by atoms with Crippen LogP contribution < -0.4 is 10.2 Å². The molecule has 2 aliphatic heterocycles. The number of nitriles is 1. The maximum atomic E-state index is 9.47. The standard InChI is InChI=1S/C16H22N4/c1-11-9-16(13(10-17)12(2)19-11)20-8-4-6-15(20)14-5-3-7-18-14/h9,14-15,18H,3-8H2,1-2H3. The van der Waals surface area contributed by atoms with Crippen LogP contribution in [0, 0.1) is 25.2 Å². The van der Waals surface area contributed by atoms with Crippen molar-refractivity contribution in [3.8, 4) is 6.07 Å². The van der Waals surface area contributed by atoms with Gasteiger partial charge >= 0.3 is 0 Å². The summed E-state index contributed by atoms with van der Waals surface area (Å²) >= 11 is 0. The van der Waals surface area contributed by atoms with E-state index in [-0.39, 0.29) is 0 Å².